The molecule has 1 aliphatic carbocycles. The van der Waals surface area contributed by atoms with Crippen molar-refractivity contribution in [1.82, 2.24) is 9.78 Å². The Bertz CT molecular complexity index is 558. The van der Waals surface area contributed by atoms with Gasteiger partial charge >= 0.3 is 0 Å². The molecule has 0 saturated heterocycles. The highest BCUT2D eigenvalue weighted by molar-refractivity contribution is 5.92. The van der Waals surface area contributed by atoms with Crippen molar-refractivity contribution in [2.45, 2.75) is 25.8 Å². The van der Waals surface area contributed by atoms with E-state index in [-0.39, 0.29) is 11.8 Å². The van der Waals surface area contributed by atoms with Crippen LogP contribution < -0.4 is 5.32 Å². The van der Waals surface area contributed by atoms with E-state index in [0.717, 1.165) is 25.1 Å². The molecule has 1 fully saturated rings. The molecule has 1 aromatic heterocycles. The number of nitrogens with zero attached hydrogens (tertiary/aromatic N) is 2. The Morgan fingerprint density at radius 1 is 1.32 bits per heavy atom. The van der Waals surface area contributed by atoms with Gasteiger partial charge in [0.1, 0.15) is 0 Å². The molecule has 0 unspecified atom stereocenters. The molecule has 1 heterocycles. The lowest BCUT2D eigenvalue weighted by atomic mass is 9.85. The van der Waals surface area contributed by atoms with Gasteiger partial charge in [0.25, 0.3) is 0 Å². The molecular weight excluding hydrogens is 238 g/mol. The van der Waals surface area contributed by atoms with E-state index in [1.165, 1.54) is 12.0 Å². The first-order valence-electron chi connectivity index (χ1n) is 6.68. The highest BCUT2D eigenvalue weighted by Gasteiger charge is 2.25. The molecule has 1 aromatic carbocycles. The summed E-state index contributed by atoms with van der Waals surface area (Å²) in [6.45, 7) is 0.722. The maximum absolute atomic E-state index is 11.8. The first kappa shape index (κ1) is 12.0. The number of hydrogen-bond donors (Lipinski definition) is 1. The molecule has 0 radical (unpaired) electrons. The van der Waals surface area contributed by atoms with E-state index in [0.29, 0.717) is 0 Å². The minimum absolute atomic E-state index is 0.130. The second-order valence-corrected chi connectivity index (χ2v) is 5.03. The molecule has 2 aromatic rings. The SMILES string of the molecule is O=C(Nc1cnn(Cc2ccccc2)c1)C1CCC1. The Labute approximate surface area is 112 Å². The van der Waals surface area contributed by atoms with Crippen LogP contribution in [0.1, 0.15) is 24.8 Å². The van der Waals surface area contributed by atoms with Crippen LogP contribution in [0.25, 0.3) is 0 Å². The fourth-order valence-corrected chi connectivity index (χ4v) is 2.20. The van der Waals surface area contributed by atoms with Gasteiger partial charge in [0.05, 0.1) is 18.4 Å². The molecule has 0 bridgehead atoms. The van der Waals surface area contributed by atoms with Crippen molar-refractivity contribution >= 4 is 11.6 Å². The van der Waals surface area contributed by atoms with Crippen LogP contribution in [0.2, 0.25) is 0 Å². The molecule has 98 valence electrons. The minimum atomic E-state index is 0.130. The average Bonchev–Trinajstić information content (AvgIpc) is 2.75. The summed E-state index contributed by atoms with van der Waals surface area (Å²) in [5, 5.41) is 7.20. The third-order valence-corrected chi connectivity index (χ3v) is 3.56. The Morgan fingerprint density at radius 3 is 2.79 bits per heavy atom. The first-order chi connectivity index (χ1) is 9.31. The van der Waals surface area contributed by atoms with Crippen LogP contribution in [0, 0.1) is 5.92 Å². The molecule has 0 spiro atoms. The summed E-state index contributed by atoms with van der Waals surface area (Å²) in [5.74, 6) is 0.336. The van der Waals surface area contributed by atoms with Gasteiger partial charge in [-0.3, -0.25) is 9.48 Å². The molecule has 0 aliphatic heterocycles. The number of carbonyl (C=O) groups is 1. The van der Waals surface area contributed by atoms with Gasteiger partial charge in [0, 0.05) is 12.1 Å². The van der Waals surface area contributed by atoms with Gasteiger partial charge in [-0.1, -0.05) is 36.8 Å². The number of rotatable bonds is 4. The van der Waals surface area contributed by atoms with Gasteiger partial charge < -0.3 is 5.32 Å². The topological polar surface area (TPSA) is 46.9 Å². The van der Waals surface area contributed by atoms with Gasteiger partial charge in [0.15, 0.2) is 0 Å². The number of benzene rings is 1. The van der Waals surface area contributed by atoms with Gasteiger partial charge in [-0.15, -0.1) is 0 Å². The van der Waals surface area contributed by atoms with Crippen molar-refractivity contribution in [3.8, 4) is 0 Å². The number of carbonyl (C=O) groups excluding carboxylic acids is 1. The number of nitrogens with one attached hydrogen (secondary N) is 1. The predicted octanol–water partition coefficient (Wildman–Crippen LogP) is 2.67. The van der Waals surface area contributed by atoms with Crippen LogP contribution in [-0.4, -0.2) is 15.7 Å². The number of amides is 1. The zero-order valence-corrected chi connectivity index (χ0v) is 10.7. The fraction of sp³-hybridized carbons (Fsp3) is 0.333. The summed E-state index contributed by atoms with van der Waals surface area (Å²) in [6, 6.07) is 10.1. The van der Waals surface area contributed by atoms with E-state index in [2.05, 4.69) is 22.5 Å². The Morgan fingerprint density at radius 2 is 2.11 bits per heavy atom. The van der Waals surface area contributed by atoms with Crippen LogP contribution in [-0.2, 0) is 11.3 Å². The zero-order chi connectivity index (χ0) is 13.1. The number of anilines is 1. The zero-order valence-electron chi connectivity index (χ0n) is 10.7. The molecule has 1 amide bonds. The second-order valence-electron chi connectivity index (χ2n) is 5.03. The third-order valence-electron chi connectivity index (χ3n) is 3.56. The molecule has 19 heavy (non-hydrogen) atoms. The van der Waals surface area contributed by atoms with Gasteiger partial charge in [-0.05, 0) is 18.4 Å². The standard InChI is InChI=1S/C15H17N3O/c19-15(13-7-4-8-13)17-14-9-16-18(11-14)10-12-5-2-1-3-6-12/h1-3,5-6,9,11,13H,4,7-8,10H2,(H,17,19). The van der Waals surface area contributed by atoms with E-state index in [9.17, 15) is 4.79 Å². The molecule has 4 heteroatoms. The van der Waals surface area contributed by atoms with E-state index >= 15 is 0 Å². The normalized spacial score (nSPS) is 14.9. The summed E-state index contributed by atoms with van der Waals surface area (Å²) >= 11 is 0. The maximum Gasteiger partial charge on any atom is 0.227 e. The van der Waals surface area contributed by atoms with E-state index in [1.54, 1.807) is 6.20 Å². The monoisotopic (exact) mass is 255 g/mol. The molecule has 4 nitrogen and oxygen atoms in total. The molecular formula is C15H17N3O. The fourth-order valence-electron chi connectivity index (χ4n) is 2.20. The molecule has 3 rings (SSSR count). The van der Waals surface area contributed by atoms with Crippen molar-refractivity contribution in [2.75, 3.05) is 5.32 Å². The lowest BCUT2D eigenvalue weighted by Gasteiger charge is -2.23. The van der Waals surface area contributed by atoms with Gasteiger partial charge in [-0.2, -0.15) is 5.10 Å². The third kappa shape index (κ3) is 2.84. The van der Waals surface area contributed by atoms with Crippen molar-refractivity contribution in [3.05, 3.63) is 48.3 Å². The Kier molecular flexibility index (Phi) is 3.31. The maximum atomic E-state index is 11.8. The Hall–Kier alpha value is -2.10. The quantitative estimate of drug-likeness (QED) is 0.913. The van der Waals surface area contributed by atoms with Crippen LogP contribution in [0.15, 0.2) is 42.7 Å². The van der Waals surface area contributed by atoms with Crippen molar-refractivity contribution in [1.29, 1.82) is 0 Å². The average molecular weight is 255 g/mol. The predicted molar refractivity (Wildman–Crippen MR) is 73.7 cm³/mol. The van der Waals surface area contributed by atoms with E-state index in [4.69, 9.17) is 0 Å². The minimum Gasteiger partial charge on any atom is -0.323 e. The summed E-state index contributed by atoms with van der Waals surface area (Å²) in [7, 11) is 0. The largest absolute Gasteiger partial charge is 0.323 e. The Balaban J connectivity index is 1.61. The molecule has 1 N–H and O–H groups in total. The van der Waals surface area contributed by atoms with E-state index in [1.807, 2.05) is 29.1 Å². The van der Waals surface area contributed by atoms with Gasteiger partial charge in [-0.25, -0.2) is 0 Å². The van der Waals surface area contributed by atoms with Crippen LogP contribution in [0.4, 0.5) is 5.69 Å². The van der Waals surface area contributed by atoms with Crippen LogP contribution >= 0.6 is 0 Å². The van der Waals surface area contributed by atoms with E-state index < -0.39 is 0 Å². The van der Waals surface area contributed by atoms with Crippen molar-refractivity contribution < 1.29 is 4.79 Å². The molecule has 1 aliphatic rings. The lowest BCUT2D eigenvalue weighted by Crippen LogP contribution is -2.27. The smallest absolute Gasteiger partial charge is 0.227 e. The van der Waals surface area contributed by atoms with Crippen molar-refractivity contribution in [2.24, 2.45) is 5.92 Å². The number of aromatic nitrogens is 2. The highest BCUT2D eigenvalue weighted by atomic mass is 16.1. The molecule has 0 atom stereocenters. The first-order valence-corrected chi connectivity index (χ1v) is 6.68. The summed E-state index contributed by atoms with van der Waals surface area (Å²) < 4.78 is 1.84. The van der Waals surface area contributed by atoms with Crippen molar-refractivity contribution in [3.63, 3.8) is 0 Å². The lowest BCUT2D eigenvalue weighted by molar-refractivity contribution is -0.122. The van der Waals surface area contributed by atoms with Crippen LogP contribution in [0.5, 0.6) is 0 Å². The summed E-state index contributed by atoms with van der Waals surface area (Å²) in [5.41, 5.74) is 1.98. The summed E-state index contributed by atoms with van der Waals surface area (Å²) in [6.07, 6.45) is 6.79. The molecule has 1 saturated carbocycles. The number of hydrogen-bond acceptors (Lipinski definition) is 2. The highest BCUT2D eigenvalue weighted by Crippen LogP contribution is 2.27. The van der Waals surface area contributed by atoms with Gasteiger partial charge in [0.2, 0.25) is 5.91 Å². The van der Waals surface area contributed by atoms with Crippen LogP contribution in [0.3, 0.4) is 0 Å². The second kappa shape index (κ2) is 5.26. The summed E-state index contributed by atoms with van der Waals surface area (Å²) in [4.78, 5) is 11.8.